The summed E-state index contributed by atoms with van der Waals surface area (Å²) in [7, 11) is 0. The summed E-state index contributed by atoms with van der Waals surface area (Å²) < 4.78 is 5.72. The highest BCUT2D eigenvalue weighted by Crippen LogP contribution is 2.50. The van der Waals surface area contributed by atoms with Gasteiger partial charge < -0.3 is 10.5 Å². The summed E-state index contributed by atoms with van der Waals surface area (Å²) in [4.78, 5) is 0. The molecular formula is C11H21NO. The molecule has 2 N–H and O–H groups in total. The van der Waals surface area contributed by atoms with Gasteiger partial charge in [-0.15, -0.1) is 0 Å². The van der Waals surface area contributed by atoms with Crippen molar-refractivity contribution < 1.29 is 4.74 Å². The van der Waals surface area contributed by atoms with Crippen LogP contribution in [-0.2, 0) is 4.74 Å². The first kappa shape index (κ1) is 9.47. The summed E-state index contributed by atoms with van der Waals surface area (Å²) in [6.07, 6.45) is 1.30. The molecule has 0 bridgehead atoms. The van der Waals surface area contributed by atoms with E-state index in [0.29, 0.717) is 12.0 Å². The van der Waals surface area contributed by atoms with E-state index in [1.54, 1.807) is 0 Å². The maximum Gasteiger partial charge on any atom is 0.0537 e. The van der Waals surface area contributed by atoms with Crippen molar-refractivity contribution in [1.29, 1.82) is 0 Å². The van der Waals surface area contributed by atoms with Gasteiger partial charge in [-0.2, -0.15) is 0 Å². The van der Waals surface area contributed by atoms with Crippen molar-refractivity contribution in [3.05, 3.63) is 0 Å². The minimum Gasteiger partial charge on any atom is -0.381 e. The third-order valence-corrected chi connectivity index (χ3v) is 4.26. The van der Waals surface area contributed by atoms with Crippen molar-refractivity contribution in [2.75, 3.05) is 13.2 Å². The van der Waals surface area contributed by atoms with Gasteiger partial charge in [-0.05, 0) is 24.2 Å². The summed E-state index contributed by atoms with van der Waals surface area (Å²) in [6.45, 7) is 8.58. The van der Waals surface area contributed by atoms with Gasteiger partial charge >= 0.3 is 0 Å². The fraction of sp³-hybridized carbons (Fsp3) is 1.00. The minimum absolute atomic E-state index is 0.190. The molecule has 1 aliphatic carbocycles. The van der Waals surface area contributed by atoms with Gasteiger partial charge in [-0.25, -0.2) is 0 Å². The van der Waals surface area contributed by atoms with E-state index in [1.165, 1.54) is 6.42 Å². The first-order chi connectivity index (χ1) is 6.05. The second-order valence-electron chi connectivity index (χ2n) is 5.36. The van der Waals surface area contributed by atoms with Crippen LogP contribution < -0.4 is 5.73 Å². The van der Waals surface area contributed by atoms with E-state index >= 15 is 0 Å². The molecule has 1 saturated carbocycles. The van der Waals surface area contributed by atoms with Crippen molar-refractivity contribution in [3.8, 4) is 0 Å². The lowest BCUT2D eigenvalue weighted by atomic mass is 9.72. The highest BCUT2D eigenvalue weighted by atomic mass is 16.5. The maximum atomic E-state index is 6.32. The van der Waals surface area contributed by atoms with E-state index in [2.05, 4.69) is 20.8 Å². The highest BCUT2D eigenvalue weighted by Gasteiger charge is 2.51. The predicted molar refractivity (Wildman–Crippen MR) is 53.3 cm³/mol. The molecule has 3 unspecified atom stereocenters. The van der Waals surface area contributed by atoms with Gasteiger partial charge in [0, 0.05) is 18.1 Å². The van der Waals surface area contributed by atoms with Crippen LogP contribution in [0, 0.1) is 23.2 Å². The van der Waals surface area contributed by atoms with E-state index in [-0.39, 0.29) is 5.41 Å². The molecule has 0 radical (unpaired) electrons. The van der Waals surface area contributed by atoms with E-state index < -0.39 is 0 Å². The first-order valence-electron chi connectivity index (χ1n) is 5.39. The molecule has 1 aliphatic heterocycles. The Morgan fingerprint density at radius 3 is 2.77 bits per heavy atom. The van der Waals surface area contributed by atoms with E-state index in [1.807, 2.05) is 0 Å². The van der Waals surface area contributed by atoms with Crippen molar-refractivity contribution in [1.82, 2.24) is 0 Å². The van der Waals surface area contributed by atoms with E-state index in [9.17, 15) is 0 Å². The van der Waals surface area contributed by atoms with Gasteiger partial charge in [0.2, 0.25) is 0 Å². The van der Waals surface area contributed by atoms with Crippen LogP contribution in [0.25, 0.3) is 0 Å². The number of hydrogen-bond acceptors (Lipinski definition) is 2. The number of rotatable bonds is 1. The summed E-state index contributed by atoms with van der Waals surface area (Å²) in [5, 5.41) is 0. The van der Waals surface area contributed by atoms with Crippen molar-refractivity contribution >= 4 is 0 Å². The third-order valence-electron chi connectivity index (χ3n) is 4.26. The van der Waals surface area contributed by atoms with Gasteiger partial charge in [0.15, 0.2) is 0 Å². The Kier molecular flexibility index (Phi) is 2.16. The Labute approximate surface area is 80.8 Å². The zero-order chi connectivity index (χ0) is 9.64. The van der Waals surface area contributed by atoms with Crippen LogP contribution in [0.15, 0.2) is 0 Å². The molecule has 2 nitrogen and oxygen atoms in total. The van der Waals surface area contributed by atoms with Crippen LogP contribution in [0.2, 0.25) is 0 Å². The number of ether oxygens (including phenoxy) is 1. The largest absolute Gasteiger partial charge is 0.381 e. The molecule has 0 amide bonds. The molecule has 0 aromatic carbocycles. The molecule has 2 heteroatoms. The predicted octanol–water partition coefficient (Wildman–Crippen LogP) is 1.64. The molecule has 0 aromatic heterocycles. The van der Waals surface area contributed by atoms with Crippen LogP contribution in [0.4, 0.5) is 0 Å². The lowest BCUT2D eigenvalue weighted by Gasteiger charge is -2.38. The molecular weight excluding hydrogens is 162 g/mol. The molecule has 0 spiro atoms. The van der Waals surface area contributed by atoms with Crippen LogP contribution >= 0.6 is 0 Å². The number of hydrogen-bond donors (Lipinski definition) is 1. The molecule has 2 fully saturated rings. The summed E-state index contributed by atoms with van der Waals surface area (Å²) >= 11 is 0. The zero-order valence-corrected chi connectivity index (χ0v) is 8.92. The Morgan fingerprint density at radius 1 is 1.46 bits per heavy atom. The summed E-state index contributed by atoms with van der Waals surface area (Å²) in [5.41, 5.74) is 6.51. The lowest BCUT2D eigenvalue weighted by Crippen LogP contribution is -2.47. The lowest BCUT2D eigenvalue weighted by molar-refractivity contribution is 0.0212. The van der Waals surface area contributed by atoms with Crippen molar-refractivity contribution in [2.45, 2.75) is 33.2 Å². The van der Waals surface area contributed by atoms with Crippen molar-refractivity contribution in [3.63, 3.8) is 0 Å². The molecule has 2 rings (SSSR count). The second kappa shape index (κ2) is 2.96. The van der Waals surface area contributed by atoms with E-state index in [4.69, 9.17) is 10.5 Å². The average molecular weight is 183 g/mol. The normalized spacial score (nSPS) is 50.1. The second-order valence-corrected chi connectivity index (χ2v) is 5.36. The van der Waals surface area contributed by atoms with Gasteiger partial charge in [0.05, 0.1) is 6.61 Å². The Balaban J connectivity index is 2.16. The minimum atomic E-state index is 0.190. The molecule has 13 heavy (non-hydrogen) atoms. The van der Waals surface area contributed by atoms with Gasteiger partial charge in [-0.1, -0.05) is 20.8 Å². The first-order valence-corrected chi connectivity index (χ1v) is 5.39. The van der Waals surface area contributed by atoms with Crippen molar-refractivity contribution in [2.24, 2.45) is 28.9 Å². The topological polar surface area (TPSA) is 35.2 Å². The van der Waals surface area contributed by atoms with Crippen LogP contribution in [-0.4, -0.2) is 19.3 Å². The Hall–Kier alpha value is -0.0800. The average Bonchev–Trinajstić information content (AvgIpc) is 2.81. The summed E-state index contributed by atoms with van der Waals surface area (Å²) in [6, 6.07) is 0.347. The van der Waals surface area contributed by atoms with E-state index in [0.717, 1.165) is 25.0 Å². The molecule has 1 saturated heterocycles. The standard InChI is InChI=1S/C11H21NO/c1-7(2)11(3)6-13-5-8-4-9(8)10(11)12/h7-10H,4-6,12H2,1-3H3/t8?,9?,10-,11?/m1/s1. The van der Waals surface area contributed by atoms with Gasteiger partial charge in [-0.3, -0.25) is 0 Å². The third kappa shape index (κ3) is 1.40. The summed E-state index contributed by atoms with van der Waals surface area (Å²) in [5.74, 6) is 2.13. The van der Waals surface area contributed by atoms with Crippen LogP contribution in [0.3, 0.4) is 0 Å². The fourth-order valence-corrected chi connectivity index (χ4v) is 2.47. The van der Waals surface area contributed by atoms with Crippen LogP contribution in [0.1, 0.15) is 27.2 Å². The SMILES string of the molecule is CC(C)C1(C)COCC2CC2[C@H]1N. The maximum absolute atomic E-state index is 6.32. The fourth-order valence-electron chi connectivity index (χ4n) is 2.47. The smallest absolute Gasteiger partial charge is 0.0537 e. The van der Waals surface area contributed by atoms with Gasteiger partial charge in [0.1, 0.15) is 0 Å². The molecule has 2 aliphatic rings. The Morgan fingerprint density at radius 2 is 2.15 bits per heavy atom. The van der Waals surface area contributed by atoms with Crippen LogP contribution in [0.5, 0.6) is 0 Å². The molecule has 0 aromatic rings. The molecule has 76 valence electrons. The quantitative estimate of drug-likeness (QED) is 0.671. The number of fused-ring (bicyclic) bond motifs is 1. The number of nitrogens with two attached hydrogens (primary N) is 1. The Bertz CT molecular complexity index is 204. The zero-order valence-electron chi connectivity index (χ0n) is 8.92. The van der Waals surface area contributed by atoms with Gasteiger partial charge in [0.25, 0.3) is 0 Å². The monoisotopic (exact) mass is 183 g/mol. The molecule has 1 heterocycles. The molecule has 4 atom stereocenters. The highest BCUT2D eigenvalue weighted by molar-refractivity contribution is 5.03.